The Bertz CT molecular complexity index is 3200. The first-order valence-corrected chi connectivity index (χ1v) is 20.2. The lowest BCUT2D eigenvalue weighted by atomic mass is 9.96. The number of benzene rings is 11. The van der Waals surface area contributed by atoms with Crippen LogP contribution >= 0.6 is 15.9 Å². The minimum Gasteiger partial charge on any atom is -0.310 e. The number of nitrogens with zero attached hydrogens (tertiary/aromatic N) is 2. The number of hydrogen-bond acceptors (Lipinski definition) is 2. The molecule has 0 saturated heterocycles. The van der Waals surface area contributed by atoms with Gasteiger partial charge in [-0.15, -0.1) is 0 Å². The lowest BCUT2D eigenvalue weighted by Crippen LogP contribution is -2.13. The van der Waals surface area contributed by atoms with E-state index < -0.39 is 0 Å². The molecule has 0 aromatic heterocycles. The van der Waals surface area contributed by atoms with Gasteiger partial charge in [0.25, 0.3) is 0 Å². The van der Waals surface area contributed by atoms with Crippen LogP contribution in [0.15, 0.2) is 217 Å². The summed E-state index contributed by atoms with van der Waals surface area (Å²) in [4.78, 5) is 4.87. The van der Waals surface area contributed by atoms with E-state index in [0.29, 0.717) is 0 Å². The monoisotopic (exact) mass is 790 g/mol. The van der Waals surface area contributed by atoms with Crippen molar-refractivity contribution < 1.29 is 0 Å². The molecule has 0 N–H and O–H groups in total. The highest BCUT2D eigenvalue weighted by Crippen LogP contribution is 2.48. The fourth-order valence-corrected chi connectivity index (χ4v) is 9.10. The Morgan fingerprint density at radius 3 is 0.877 bits per heavy atom. The number of hydrogen-bond donors (Lipinski definition) is 0. The lowest BCUT2D eigenvalue weighted by molar-refractivity contribution is 1.28. The largest absolute Gasteiger partial charge is 0.310 e. The third-order valence-electron chi connectivity index (χ3n) is 11.4. The Kier molecular flexibility index (Phi) is 8.01. The van der Waals surface area contributed by atoms with E-state index in [1.165, 1.54) is 64.6 Å². The normalized spacial score (nSPS) is 11.6. The van der Waals surface area contributed by atoms with E-state index in [4.69, 9.17) is 0 Å². The standard InChI is InChI=1S/C54H35BrN2/c55-39-25-27-40(28-26-39)56(52-33-36-13-1-4-16-43(36)46-19-7-10-22-49(46)52)41-29-31-42(32-30-41)57(53-34-37-14-2-5-17-44(37)47-20-8-11-23-50(47)53)54-35-38-15-3-6-18-45(38)48-21-9-12-24-51(48)54/h1-35H. The van der Waals surface area contributed by atoms with Crippen molar-refractivity contribution in [1.82, 2.24) is 0 Å². The van der Waals surface area contributed by atoms with Gasteiger partial charge >= 0.3 is 0 Å². The predicted octanol–water partition coefficient (Wildman–Crippen LogP) is 16.3. The molecule has 0 radical (unpaired) electrons. The van der Waals surface area contributed by atoms with Crippen LogP contribution in [0.5, 0.6) is 0 Å². The second-order valence-corrected chi connectivity index (χ2v) is 15.6. The average molecular weight is 792 g/mol. The smallest absolute Gasteiger partial charge is 0.0546 e. The molecule has 0 spiro atoms. The molecule has 3 heteroatoms. The quantitative estimate of drug-likeness (QED) is 0.155. The molecule has 11 rings (SSSR count). The molecule has 0 fully saturated rings. The summed E-state index contributed by atoms with van der Waals surface area (Å²) in [6.45, 7) is 0. The topological polar surface area (TPSA) is 6.48 Å². The first-order chi connectivity index (χ1) is 28.2. The van der Waals surface area contributed by atoms with Gasteiger partial charge in [0.2, 0.25) is 0 Å². The van der Waals surface area contributed by atoms with Gasteiger partial charge in [0.05, 0.1) is 17.1 Å². The minimum atomic E-state index is 1.05. The van der Waals surface area contributed by atoms with Crippen molar-refractivity contribution in [2.45, 2.75) is 0 Å². The van der Waals surface area contributed by atoms with Gasteiger partial charge in [-0.25, -0.2) is 0 Å². The molecule has 0 aliphatic heterocycles. The van der Waals surface area contributed by atoms with E-state index >= 15 is 0 Å². The van der Waals surface area contributed by atoms with Crippen molar-refractivity contribution in [2.24, 2.45) is 0 Å². The zero-order chi connectivity index (χ0) is 37.9. The zero-order valence-corrected chi connectivity index (χ0v) is 32.6. The fourth-order valence-electron chi connectivity index (χ4n) is 8.83. The van der Waals surface area contributed by atoms with Gasteiger partial charge in [0.1, 0.15) is 0 Å². The van der Waals surface area contributed by atoms with Crippen LogP contribution < -0.4 is 9.80 Å². The highest BCUT2D eigenvalue weighted by molar-refractivity contribution is 9.10. The third-order valence-corrected chi connectivity index (χ3v) is 11.9. The van der Waals surface area contributed by atoms with Crippen molar-refractivity contribution in [3.05, 3.63) is 217 Å². The maximum atomic E-state index is 3.69. The van der Waals surface area contributed by atoms with Crippen LogP contribution in [0, 0.1) is 0 Å². The summed E-state index contributed by atoms with van der Waals surface area (Å²) in [5.74, 6) is 0. The predicted molar refractivity (Wildman–Crippen MR) is 249 cm³/mol. The summed E-state index contributed by atoms with van der Waals surface area (Å²) in [7, 11) is 0. The van der Waals surface area contributed by atoms with Gasteiger partial charge < -0.3 is 9.80 Å². The number of fused-ring (bicyclic) bond motifs is 9. The van der Waals surface area contributed by atoms with E-state index in [0.717, 1.165) is 38.6 Å². The van der Waals surface area contributed by atoms with Gasteiger partial charge in [-0.3, -0.25) is 0 Å². The molecule has 0 bridgehead atoms. The molecule has 0 saturated carbocycles. The fraction of sp³-hybridized carbons (Fsp3) is 0. The van der Waals surface area contributed by atoms with Crippen LogP contribution in [0.4, 0.5) is 34.1 Å². The second-order valence-electron chi connectivity index (χ2n) is 14.7. The van der Waals surface area contributed by atoms with E-state index in [2.05, 4.69) is 238 Å². The molecule has 11 aromatic carbocycles. The molecule has 57 heavy (non-hydrogen) atoms. The molecule has 11 aromatic rings. The summed E-state index contributed by atoms with van der Waals surface area (Å²) < 4.78 is 1.05. The Balaban J connectivity index is 1.17. The van der Waals surface area contributed by atoms with Gasteiger partial charge in [-0.05, 0) is 115 Å². The third kappa shape index (κ3) is 5.62. The zero-order valence-electron chi connectivity index (χ0n) is 31.0. The average Bonchev–Trinajstić information content (AvgIpc) is 3.28. The van der Waals surface area contributed by atoms with Gasteiger partial charge in [0.15, 0.2) is 0 Å². The highest BCUT2D eigenvalue weighted by Gasteiger charge is 2.22. The minimum absolute atomic E-state index is 1.05. The number of anilines is 6. The second kappa shape index (κ2) is 13.7. The maximum absolute atomic E-state index is 3.69. The van der Waals surface area contributed by atoms with Crippen molar-refractivity contribution in [3.63, 3.8) is 0 Å². The number of halogens is 1. The molecule has 0 aliphatic carbocycles. The Hall–Kier alpha value is -6.94. The SMILES string of the molecule is Brc1ccc(N(c2ccc(N(c3cc4ccccc4c4ccccc34)c3cc4ccccc4c4ccccc34)cc2)c2cc3ccccc3c3ccccc23)cc1. The summed E-state index contributed by atoms with van der Waals surface area (Å²) in [5, 5.41) is 14.7. The molecule has 268 valence electrons. The number of rotatable bonds is 6. The van der Waals surface area contributed by atoms with Crippen LogP contribution in [0.2, 0.25) is 0 Å². The van der Waals surface area contributed by atoms with E-state index in [-0.39, 0.29) is 0 Å². The molecular weight excluding hydrogens is 757 g/mol. The van der Waals surface area contributed by atoms with Crippen LogP contribution in [-0.2, 0) is 0 Å². The van der Waals surface area contributed by atoms with Crippen molar-refractivity contribution in [2.75, 3.05) is 9.80 Å². The maximum Gasteiger partial charge on any atom is 0.0546 e. The molecule has 0 atom stereocenters. The van der Waals surface area contributed by atoms with E-state index in [1.54, 1.807) is 0 Å². The molecule has 0 unspecified atom stereocenters. The molecular formula is C54H35BrN2. The van der Waals surface area contributed by atoms with Crippen LogP contribution in [0.25, 0.3) is 64.6 Å². The summed E-state index contributed by atoms with van der Waals surface area (Å²) in [6, 6.07) is 77.4. The van der Waals surface area contributed by atoms with Crippen LogP contribution in [-0.4, -0.2) is 0 Å². The van der Waals surface area contributed by atoms with Gasteiger partial charge in [-0.2, -0.15) is 0 Å². The summed E-state index contributed by atoms with van der Waals surface area (Å²) >= 11 is 3.69. The van der Waals surface area contributed by atoms with Gasteiger partial charge in [-0.1, -0.05) is 162 Å². The molecule has 0 aliphatic rings. The Labute approximate surface area is 339 Å². The lowest BCUT2D eigenvalue weighted by Gasteiger charge is -2.31. The molecule has 0 amide bonds. The first kappa shape index (κ1) is 33.4. The van der Waals surface area contributed by atoms with Crippen molar-refractivity contribution in [3.8, 4) is 0 Å². The van der Waals surface area contributed by atoms with Crippen molar-refractivity contribution in [1.29, 1.82) is 0 Å². The van der Waals surface area contributed by atoms with Crippen molar-refractivity contribution >= 4 is 115 Å². The molecule has 2 nitrogen and oxygen atoms in total. The van der Waals surface area contributed by atoms with E-state index in [1.807, 2.05) is 0 Å². The van der Waals surface area contributed by atoms with Crippen LogP contribution in [0.1, 0.15) is 0 Å². The summed E-state index contributed by atoms with van der Waals surface area (Å²) in [5.41, 5.74) is 6.67. The summed E-state index contributed by atoms with van der Waals surface area (Å²) in [6.07, 6.45) is 0. The Morgan fingerprint density at radius 1 is 0.246 bits per heavy atom. The first-order valence-electron chi connectivity index (χ1n) is 19.4. The van der Waals surface area contributed by atoms with Gasteiger partial charge in [0, 0.05) is 37.7 Å². The molecule has 0 heterocycles. The van der Waals surface area contributed by atoms with Crippen LogP contribution in [0.3, 0.4) is 0 Å². The van der Waals surface area contributed by atoms with E-state index in [9.17, 15) is 0 Å². The Morgan fingerprint density at radius 2 is 0.509 bits per heavy atom. The highest BCUT2D eigenvalue weighted by atomic mass is 79.9.